The standard InChI is InChI=1S/C50H44/c1-48(2,3)37-22-26-43-42-25-21-36(29-46(42)50(6,7)47(43)30-37)35-20-24-41-40-23-19-34(27-44(40)49(4,5)45(41)28-35)31-15-17-33(18-16-31)39-14-10-12-32-11-8-9-13-38(32)39/h8-30H,1-7H3. The van der Waals surface area contributed by atoms with E-state index in [4.69, 9.17) is 0 Å². The molecular weight excluding hydrogens is 601 g/mol. The molecule has 50 heavy (non-hydrogen) atoms. The van der Waals surface area contributed by atoms with E-state index in [0.29, 0.717) is 0 Å². The summed E-state index contributed by atoms with van der Waals surface area (Å²) in [5.41, 5.74) is 20.2. The van der Waals surface area contributed by atoms with Crippen molar-refractivity contribution in [2.45, 2.75) is 64.7 Å². The maximum atomic E-state index is 2.46. The Morgan fingerprint density at radius 3 is 1.32 bits per heavy atom. The molecule has 0 spiro atoms. The van der Waals surface area contributed by atoms with Crippen LogP contribution < -0.4 is 0 Å². The van der Waals surface area contributed by atoms with Crippen molar-refractivity contribution in [1.82, 2.24) is 0 Å². The molecule has 0 heteroatoms. The van der Waals surface area contributed by atoms with E-state index < -0.39 is 0 Å². The lowest BCUT2D eigenvalue weighted by Gasteiger charge is -2.25. The highest BCUT2D eigenvalue weighted by Gasteiger charge is 2.38. The minimum absolute atomic E-state index is 0.0440. The van der Waals surface area contributed by atoms with E-state index in [1.54, 1.807) is 0 Å². The van der Waals surface area contributed by atoms with E-state index in [1.807, 2.05) is 0 Å². The Kier molecular flexibility index (Phi) is 6.57. The largest absolute Gasteiger partial charge is 0.0616 e. The molecule has 0 aromatic heterocycles. The van der Waals surface area contributed by atoms with Crippen LogP contribution in [0.1, 0.15) is 76.3 Å². The molecule has 0 atom stereocenters. The summed E-state index contributed by atoms with van der Waals surface area (Å²) in [4.78, 5) is 0. The number of hydrogen-bond donors (Lipinski definition) is 0. The van der Waals surface area contributed by atoms with Crippen LogP contribution >= 0.6 is 0 Å². The summed E-state index contributed by atoms with van der Waals surface area (Å²) in [6, 6.07) is 52.8. The molecule has 0 N–H and O–H groups in total. The van der Waals surface area contributed by atoms with Crippen molar-refractivity contribution in [2.24, 2.45) is 0 Å². The Labute approximate surface area is 297 Å². The van der Waals surface area contributed by atoms with Crippen LogP contribution in [0.15, 0.2) is 140 Å². The van der Waals surface area contributed by atoms with Gasteiger partial charge in [-0.05, 0) is 118 Å². The number of rotatable bonds is 3. The van der Waals surface area contributed by atoms with Gasteiger partial charge in [-0.25, -0.2) is 0 Å². The fourth-order valence-electron chi connectivity index (χ4n) is 8.80. The molecule has 0 saturated carbocycles. The molecule has 7 aromatic rings. The first-order valence-corrected chi connectivity index (χ1v) is 18.1. The molecule has 0 bridgehead atoms. The second kappa shape index (κ2) is 10.6. The maximum absolute atomic E-state index is 2.46. The molecule has 2 aliphatic carbocycles. The van der Waals surface area contributed by atoms with E-state index in [0.717, 1.165) is 0 Å². The zero-order valence-corrected chi connectivity index (χ0v) is 30.3. The van der Waals surface area contributed by atoms with Crippen molar-refractivity contribution in [3.05, 3.63) is 167 Å². The van der Waals surface area contributed by atoms with E-state index >= 15 is 0 Å². The smallest absolute Gasteiger partial charge is 0.0159 e. The van der Waals surface area contributed by atoms with Crippen LogP contribution in [0.25, 0.3) is 66.4 Å². The second-order valence-electron chi connectivity index (χ2n) is 16.6. The van der Waals surface area contributed by atoms with Crippen molar-refractivity contribution in [1.29, 1.82) is 0 Å². The Balaban J connectivity index is 1.04. The van der Waals surface area contributed by atoms with Gasteiger partial charge in [0.15, 0.2) is 0 Å². The Morgan fingerprint density at radius 2 is 0.780 bits per heavy atom. The summed E-state index contributed by atoms with van der Waals surface area (Å²) in [5.74, 6) is 0. The molecule has 0 unspecified atom stereocenters. The molecule has 0 aliphatic heterocycles. The highest BCUT2D eigenvalue weighted by molar-refractivity contribution is 5.97. The van der Waals surface area contributed by atoms with Gasteiger partial charge in [0.1, 0.15) is 0 Å². The summed E-state index contributed by atoms with van der Waals surface area (Å²) in [6.07, 6.45) is 0. The van der Waals surface area contributed by atoms with Gasteiger partial charge in [0.2, 0.25) is 0 Å². The number of fused-ring (bicyclic) bond motifs is 7. The zero-order chi connectivity index (χ0) is 34.6. The van der Waals surface area contributed by atoms with Gasteiger partial charge in [-0.2, -0.15) is 0 Å². The fourth-order valence-corrected chi connectivity index (χ4v) is 8.80. The van der Waals surface area contributed by atoms with E-state index in [2.05, 4.69) is 188 Å². The van der Waals surface area contributed by atoms with Crippen LogP contribution in [0.3, 0.4) is 0 Å². The summed E-state index contributed by atoms with van der Waals surface area (Å²) in [6.45, 7) is 16.5. The first-order chi connectivity index (χ1) is 23.9. The monoisotopic (exact) mass is 644 g/mol. The SMILES string of the molecule is CC(C)(C)c1ccc2c(c1)C(C)(C)c1cc(-c3ccc4c(c3)C(C)(C)c3cc(-c5ccc(-c6cccc7ccccc67)cc5)ccc3-4)ccc1-2. The molecule has 0 nitrogen and oxygen atoms in total. The topological polar surface area (TPSA) is 0 Å². The third-order valence-electron chi connectivity index (χ3n) is 11.9. The van der Waals surface area contributed by atoms with Gasteiger partial charge in [0.25, 0.3) is 0 Å². The molecule has 7 aromatic carbocycles. The van der Waals surface area contributed by atoms with E-state index in [9.17, 15) is 0 Å². The number of hydrogen-bond acceptors (Lipinski definition) is 0. The normalized spacial score (nSPS) is 15.0. The van der Waals surface area contributed by atoms with Crippen LogP contribution in [-0.4, -0.2) is 0 Å². The molecule has 0 amide bonds. The van der Waals surface area contributed by atoms with E-state index in [1.165, 1.54) is 94.2 Å². The van der Waals surface area contributed by atoms with Gasteiger partial charge >= 0.3 is 0 Å². The summed E-state index contributed by atoms with van der Waals surface area (Å²) in [5, 5.41) is 2.57. The third kappa shape index (κ3) is 4.58. The Morgan fingerprint density at radius 1 is 0.360 bits per heavy atom. The molecule has 0 radical (unpaired) electrons. The lowest BCUT2D eigenvalue weighted by Crippen LogP contribution is -2.17. The molecule has 2 aliphatic rings. The predicted octanol–water partition coefficient (Wildman–Crippen LogP) is 13.8. The van der Waals surface area contributed by atoms with Gasteiger partial charge < -0.3 is 0 Å². The zero-order valence-electron chi connectivity index (χ0n) is 30.3. The molecule has 0 fully saturated rings. The molecule has 244 valence electrons. The highest BCUT2D eigenvalue weighted by Crippen LogP contribution is 2.53. The molecule has 0 saturated heterocycles. The second-order valence-corrected chi connectivity index (χ2v) is 16.6. The number of benzene rings is 7. The summed E-state index contributed by atoms with van der Waals surface area (Å²) in [7, 11) is 0. The van der Waals surface area contributed by atoms with Gasteiger partial charge in [-0.15, -0.1) is 0 Å². The highest BCUT2D eigenvalue weighted by atomic mass is 14.4. The molecule has 0 heterocycles. The van der Waals surface area contributed by atoms with Gasteiger partial charge in [0, 0.05) is 10.8 Å². The fraction of sp³-hybridized carbons (Fsp3) is 0.200. The van der Waals surface area contributed by atoms with E-state index in [-0.39, 0.29) is 16.2 Å². The summed E-state index contributed by atoms with van der Waals surface area (Å²) >= 11 is 0. The third-order valence-corrected chi connectivity index (χ3v) is 11.9. The van der Waals surface area contributed by atoms with Gasteiger partial charge in [-0.3, -0.25) is 0 Å². The minimum Gasteiger partial charge on any atom is -0.0616 e. The van der Waals surface area contributed by atoms with Gasteiger partial charge in [0.05, 0.1) is 0 Å². The minimum atomic E-state index is -0.102. The van der Waals surface area contributed by atoms with Crippen LogP contribution in [0.5, 0.6) is 0 Å². The molecule has 9 rings (SSSR count). The molecular formula is C50H44. The van der Waals surface area contributed by atoms with Crippen LogP contribution in [-0.2, 0) is 16.2 Å². The average Bonchev–Trinajstić information content (AvgIpc) is 3.49. The lowest BCUT2D eigenvalue weighted by atomic mass is 9.78. The Hall–Kier alpha value is -5.20. The first kappa shape index (κ1) is 30.8. The Bertz CT molecular complexity index is 2490. The van der Waals surface area contributed by atoms with Crippen LogP contribution in [0, 0.1) is 0 Å². The quantitative estimate of drug-likeness (QED) is 0.180. The van der Waals surface area contributed by atoms with Crippen molar-refractivity contribution in [3.8, 4) is 55.6 Å². The summed E-state index contributed by atoms with van der Waals surface area (Å²) < 4.78 is 0. The van der Waals surface area contributed by atoms with Crippen molar-refractivity contribution in [3.63, 3.8) is 0 Å². The predicted molar refractivity (Wildman–Crippen MR) is 214 cm³/mol. The average molecular weight is 645 g/mol. The van der Waals surface area contributed by atoms with Crippen LogP contribution in [0.4, 0.5) is 0 Å². The first-order valence-electron chi connectivity index (χ1n) is 18.1. The van der Waals surface area contributed by atoms with Crippen molar-refractivity contribution < 1.29 is 0 Å². The van der Waals surface area contributed by atoms with Crippen molar-refractivity contribution in [2.75, 3.05) is 0 Å². The lowest BCUT2D eigenvalue weighted by molar-refractivity contribution is 0.584. The van der Waals surface area contributed by atoms with Crippen LogP contribution in [0.2, 0.25) is 0 Å². The van der Waals surface area contributed by atoms with Gasteiger partial charge in [-0.1, -0.05) is 170 Å². The van der Waals surface area contributed by atoms with Crippen molar-refractivity contribution >= 4 is 10.8 Å². The maximum Gasteiger partial charge on any atom is 0.0159 e.